The molecule has 0 spiro atoms. The minimum Gasteiger partial charge on any atom is -0.385 e. The summed E-state index contributed by atoms with van der Waals surface area (Å²) in [6.45, 7) is 6.34. The molecule has 0 saturated heterocycles. The molecule has 0 aromatic rings. The standard InChI is InChI=1S/C14H22O2/c1-9(2)14(16)7-6-10(3)12-5-4-11(15)8-13(12)14/h8-10,12,16H,4-7H2,1-3H3/t10?,12-,14?/m1/s1. The average molecular weight is 222 g/mol. The molecular formula is C14H22O2. The Kier molecular flexibility index (Phi) is 2.95. The van der Waals surface area contributed by atoms with Crippen LogP contribution in [0.3, 0.4) is 0 Å². The fourth-order valence-corrected chi connectivity index (χ4v) is 3.26. The van der Waals surface area contributed by atoms with Gasteiger partial charge < -0.3 is 5.11 Å². The predicted octanol–water partition coefficient (Wildman–Crippen LogP) is 2.71. The second-order valence-corrected chi connectivity index (χ2v) is 5.81. The number of fused-ring (bicyclic) bond motifs is 1. The lowest BCUT2D eigenvalue weighted by Crippen LogP contribution is -2.46. The van der Waals surface area contributed by atoms with Gasteiger partial charge in [0, 0.05) is 6.42 Å². The Morgan fingerprint density at radius 2 is 2.12 bits per heavy atom. The van der Waals surface area contributed by atoms with Gasteiger partial charge >= 0.3 is 0 Å². The molecular weight excluding hydrogens is 200 g/mol. The maximum Gasteiger partial charge on any atom is 0.155 e. The molecule has 0 radical (unpaired) electrons. The van der Waals surface area contributed by atoms with Crippen molar-refractivity contribution in [2.45, 2.75) is 52.1 Å². The van der Waals surface area contributed by atoms with Crippen LogP contribution in [0.25, 0.3) is 0 Å². The van der Waals surface area contributed by atoms with E-state index in [0.717, 1.165) is 24.8 Å². The van der Waals surface area contributed by atoms with Gasteiger partial charge in [-0.1, -0.05) is 20.8 Å². The Balaban J connectivity index is 2.40. The van der Waals surface area contributed by atoms with Crippen molar-refractivity contribution >= 4 is 5.78 Å². The molecule has 0 aliphatic heterocycles. The van der Waals surface area contributed by atoms with Crippen LogP contribution in [0.2, 0.25) is 0 Å². The Hall–Kier alpha value is -0.630. The zero-order chi connectivity index (χ0) is 11.9. The molecule has 0 aromatic heterocycles. The van der Waals surface area contributed by atoms with Gasteiger partial charge in [-0.3, -0.25) is 4.79 Å². The first kappa shape index (κ1) is 11.8. The van der Waals surface area contributed by atoms with Crippen LogP contribution in [0.15, 0.2) is 11.6 Å². The number of hydrogen-bond acceptors (Lipinski definition) is 2. The lowest BCUT2D eigenvalue weighted by molar-refractivity contribution is -0.116. The smallest absolute Gasteiger partial charge is 0.155 e. The first-order valence-electron chi connectivity index (χ1n) is 6.42. The summed E-state index contributed by atoms with van der Waals surface area (Å²) < 4.78 is 0. The molecule has 2 rings (SSSR count). The summed E-state index contributed by atoms with van der Waals surface area (Å²) in [7, 11) is 0. The van der Waals surface area contributed by atoms with E-state index in [2.05, 4.69) is 6.92 Å². The van der Waals surface area contributed by atoms with Crippen molar-refractivity contribution < 1.29 is 9.90 Å². The van der Waals surface area contributed by atoms with Gasteiger partial charge in [-0.15, -0.1) is 0 Å². The summed E-state index contributed by atoms with van der Waals surface area (Å²) in [5, 5.41) is 10.8. The molecule has 2 unspecified atom stereocenters. The van der Waals surface area contributed by atoms with Crippen LogP contribution < -0.4 is 0 Å². The normalized spacial score (nSPS) is 39.6. The van der Waals surface area contributed by atoms with Crippen molar-refractivity contribution in [3.63, 3.8) is 0 Å². The van der Waals surface area contributed by atoms with Crippen molar-refractivity contribution in [3.8, 4) is 0 Å². The highest BCUT2D eigenvalue weighted by Gasteiger charge is 2.45. The van der Waals surface area contributed by atoms with E-state index in [0.29, 0.717) is 18.3 Å². The summed E-state index contributed by atoms with van der Waals surface area (Å²) in [6, 6.07) is 0. The highest BCUT2D eigenvalue weighted by Crippen LogP contribution is 2.47. The van der Waals surface area contributed by atoms with Crippen molar-refractivity contribution in [2.24, 2.45) is 17.8 Å². The topological polar surface area (TPSA) is 37.3 Å². The molecule has 16 heavy (non-hydrogen) atoms. The third kappa shape index (κ3) is 1.73. The third-order valence-electron chi connectivity index (χ3n) is 4.54. The molecule has 90 valence electrons. The van der Waals surface area contributed by atoms with E-state index in [-0.39, 0.29) is 11.7 Å². The van der Waals surface area contributed by atoms with Crippen molar-refractivity contribution in [2.75, 3.05) is 0 Å². The molecule has 0 aromatic carbocycles. The van der Waals surface area contributed by atoms with Gasteiger partial charge in [0.2, 0.25) is 0 Å². The van der Waals surface area contributed by atoms with E-state index in [1.807, 2.05) is 13.8 Å². The van der Waals surface area contributed by atoms with Crippen molar-refractivity contribution in [1.29, 1.82) is 0 Å². The number of hydrogen-bond donors (Lipinski definition) is 1. The number of aliphatic hydroxyl groups is 1. The van der Waals surface area contributed by atoms with E-state index < -0.39 is 5.60 Å². The minimum atomic E-state index is -0.729. The van der Waals surface area contributed by atoms with Crippen molar-refractivity contribution in [1.82, 2.24) is 0 Å². The molecule has 2 heteroatoms. The van der Waals surface area contributed by atoms with Crippen LogP contribution in [-0.2, 0) is 4.79 Å². The highest BCUT2D eigenvalue weighted by atomic mass is 16.3. The van der Waals surface area contributed by atoms with E-state index >= 15 is 0 Å². The highest BCUT2D eigenvalue weighted by molar-refractivity contribution is 5.91. The summed E-state index contributed by atoms with van der Waals surface area (Å²) in [6.07, 6.45) is 5.21. The third-order valence-corrected chi connectivity index (χ3v) is 4.54. The Morgan fingerprint density at radius 3 is 2.75 bits per heavy atom. The summed E-state index contributed by atoms with van der Waals surface area (Å²) in [4.78, 5) is 11.5. The first-order valence-corrected chi connectivity index (χ1v) is 6.42. The van der Waals surface area contributed by atoms with Gasteiger partial charge in [-0.25, -0.2) is 0 Å². The Bertz CT molecular complexity index is 330. The molecule has 2 aliphatic carbocycles. The summed E-state index contributed by atoms with van der Waals surface area (Å²) >= 11 is 0. The zero-order valence-electron chi connectivity index (χ0n) is 10.5. The minimum absolute atomic E-state index is 0.194. The lowest BCUT2D eigenvalue weighted by Gasteiger charge is -2.47. The van der Waals surface area contributed by atoms with Crippen LogP contribution in [0.5, 0.6) is 0 Å². The largest absolute Gasteiger partial charge is 0.385 e. The molecule has 3 atom stereocenters. The lowest BCUT2D eigenvalue weighted by atomic mass is 9.61. The fourth-order valence-electron chi connectivity index (χ4n) is 3.26. The molecule has 1 N–H and O–H groups in total. The number of carbonyl (C=O) groups is 1. The number of carbonyl (C=O) groups excluding carboxylic acids is 1. The van der Waals surface area contributed by atoms with Crippen LogP contribution in [-0.4, -0.2) is 16.5 Å². The van der Waals surface area contributed by atoms with Crippen LogP contribution >= 0.6 is 0 Å². The van der Waals surface area contributed by atoms with Gasteiger partial charge in [0.15, 0.2) is 5.78 Å². The number of rotatable bonds is 1. The van der Waals surface area contributed by atoms with E-state index in [4.69, 9.17) is 0 Å². The van der Waals surface area contributed by atoms with Crippen molar-refractivity contribution in [3.05, 3.63) is 11.6 Å². The molecule has 0 amide bonds. The molecule has 2 aliphatic rings. The molecule has 0 heterocycles. The van der Waals surface area contributed by atoms with E-state index in [1.165, 1.54) is 0 Å². The second-order valence-electron chi connectivity index (χ2n) is 5.81. The van der Waals surface area contributed by atoms with Crippen LogP contribution in [0.4, 0.5) is 0 Å². The first-order chi connectivity index (χ1) is 7.45. The predicted molar refractivity (Wildman–Crippen MR) is 64.0 cm³/mol. The molecule has 0 bridgehead atoms. The maximum atomic E-state index is 11.5. The quantitative estimate of drug-likeness (QED) is 0.740. The molecule has 1 fully saturated rings. The monoisotopic (exact) mass is 222 g/mol. The summed E-state index contributed by atoms with van der Waals surface area (Å²) in [5.74, 6) is 1.43. The average Bonchev–Trinajstić information content (AvgIpc) is 2.23. The molecule has 1 saturated carbocycles. The van der Waals surface area contributed by atoms with E-state index in [1.54, 1.807) is 6.08 Å². The SMILES string of the molecule is CC1CCC(O)(C(C)C)C2=CC(=O)CC[C@@H]21. The van der Waals surface area contributed by atoms with Gasteiger partial charge in [0.1, 0.15) is 0 Å². The zero-order valence-corrected chi connectivity index (χ0v) is 10.5. The maximum absolute atomic E-state index is 11.5. The van der Waals surface area contributed by atoms with Crippen LogP contribution in [0.1, 0.15) is 46.5 Å². The number of allylic oxidation sites excluding steroid dienone is 1. The number of ketones is 1. The fraction of sp³-hybridized carbons (Fsp3) is 0.786. The van der Waals surface area contributed by atoms with Gasteiger partial charge in [-0.2, -0.15) is 0 Å². The summed E-state index contributed by atoms with van der Waals surface area (Å²) in [5.41, 5.74) is 0.297. The van der Waals surface area contributed by atoms with Gasteiger partial charge in [0.05, 0.1) is 5.60 Å². The van der Waals surface area contributed by atoms with Gasteiger partial charge in [0.25, 0.3) is 0 Å². The Labute approximate surface area is 97.7 Å². The van der Waals surface area contributed by atoms with E-state index in [9.17, 15) is 9.90 Å². The van der Waals surface area contributed by atoms with Crippen LogP contribution in [0, 0.1) is 17.8 Å². The Morgan fingerprint density at radius 1 is 1.44 bits per heavy atom. The molecule has 2 nitrogen and oxygen atoms in total. The second kappa shape index (κ2) is 3.99. The van der Waals surface area contributed by atoms with Gasteiger partial charge in [-0.05, 0) is 48.7 Å².